The number of aromatic hydroxyl groups is 1. The number of carbonyl (C=O) groups is 1. The molecule has 0 aliphatic carbocycles. The molecule has 3 aromatic rings. The first kappa shape index (κ1) is 16.3. The molecule has 134 valence electrons. The highest BCUT2D eigenvalue weighted by molar-refractivity contribution is 5.93. The quantitative estimate of drug-likeness (QED) is 0.781. The van der Waals surface area contributed by atoms with Gasteiger partial charge in [-0.15, -0.1) is 0 Å². The number of anilines is 1. The summed E-state index contributed by atoms with van der Waals surface area (Å²) in [5, 5.41) is 9.86. The van der Waals surface area contributed by atoms with Gasteiger partial charge in [-0.3, -0.25) is 4.79 Å². The van der Waals surface area contributed by atoms with Gasteiger partial charge in [-0.05, 0) is 24.3 Å². The van der Waals surface area contributed by atoms with Crippen molar-refractivity contribution in [1.29, 1.82) is 0 Å². The Morgan fingerprint density at radius 3 is 2.62 bits per heavy atom. The fourth-order valence-electron chi connectivity index (χ4n) is 3.30. The maximum absolute atomic E-state index is 12.8. The number of benzene rings is 1. The zero-order valence-electron chi connectivity index (χ0n) is 14.5. The molecule has 7 heteroatoms. The van der Waals surface area contributed by atoms with Crippen molar-refractivity contribution in [1.82, 2.24) is 14.3 Å². The van der Waals surface area contributed by atoms with Crippen LogP contribution in [0.15, 0.2) is 48.8 Å². The predicted molar refractivity (Wildman–Crippen MR) is 98.0 cm³/mol. The first-order chi connectivity index (χ1) is 12.7. The van der Waals surface area contributed by atoms with E-state index in [1.54, 1.807) is 40.9 Å². The fourth-order valence-corrected chi connectivity index (χ4v) is 3.30. The van der Waals surface area contributed by atoms with Gasteiger partial charge in [-0.1, -0.05) is 12.1 Å². The normalized spacial score (nSPS) is 14.7. The molecule has 1 aromatic carbocycles. The molecule has 0 radical (unpaired) electrons. The summed E-state index contributed by atoms with van der Waals surface area (Å²) < 4.78 is 7.09. The molecule has 3 heterocycles. The van der Waals surface area contributed by atoms with Gasteiger partial charge in [0, 0.05) is 38.6 Å². The third-order valence-corrected chi connectivity index (χ3v) is 4.67. The molecule has 1 aliphatic rings. The topological polar surface area (TPSA) is 70.3 Å². The van der Waals surface area contributed by atoms with Crippen molar-refractivity contribution in [3.05, 3.63) is 54.5 Å². The zero-order chi connectivity index (χ0) is 18.1. The molecule has 4 rings (SSSR count). The van der Waals surface area contributed by atoms with Gasteiger partial charge in [-0.25, -0.2) is 4.98 Å². The molecular weight excluding hydrogens is 332 g/mol. The van der Waals surface area contributed by atoms with Crippen molar-refractivity contribution in [3.63, 3.8) is 0 Å². The lowest BCUT2D eigenvalue weighted by atomic mass is 10.2. The van der Waals surface area contributed by atoms with E-state index in [2.05, 4.69) is 9.88 Å². The number of amides is 1. The Bertz CT molecular complexity index is 945. The number of ether oxygens (including phenoxy) is 1. The number of hydrogen-bond acceptors (Lipinski definition) is 5. The molecule has 0 atom stereocenters. The van der Waals surface area contributed by atoms with E-state index >= 15 is 0 Å². The summed E-state index contributed by atoms with van der Waals surface area (Å²) in [4.78, 5) is 21.1. The molecule has 0 bridgehead atoms. The number of fused-ring (bicyclic) bond motifs is 1. The Balaban J connectivity index is 1.48. The smallest absolute Gasteiger partial charge is 0.274 e. The Kier molecular flexibility index (Phi) is 4.12. The summed E-state index contributed by atoms with van der Waals surface area (Å²) in [6, 6.07) is 11.2. The highest BCUT2D eigenvalue weighted by atomic mass is 16.5. The van der Waals surface area contributed by atoms with E-state index in [1.165, 1.54) is 0 Å². The Morgan fingerprint density at radius 2 is 1.88 bits per heavy atom. The van der Waals surface area contributed by atoms with E-state index in [4.69, 9.17) is 4.74 Å². The van der Waals surface area contributed by atoms with Gasteiger partial charge in [0.15, 0.2) is 11.4 Å². The van der Waals surface area contributed by atoms with Gasteiger partial charge < -0.3 is 24.0 Å². The molecular formula is C19H20N4O3. The van der Waals surface area contributed by atoms with E-state index in [0.717, 1.165) is 24.5 Å². The van der Waals surface area contributed by atoms with Gasteiger partial charge in [0.1, 0.15) is 11.4 Å². The molecule has 0 unspecified atom stereocenters. The van der Waals surface area contributed by atoms with Crippen LogP contribution in [0.2, 0.25) is 0 Å². The van der Waals surface area contributed by atoms with Gasteiger partial charge in [0.05, 0.1) is 12.8 Å². The molecule has 2 aromatic heterocycles. The van der Waals surface area contributed by atoms with Crippen molar-refractivity contribution < 1.29 is 14.6 Å². The van der Waals surface area contributed by atoms with Gasteiger partial charge >= 0.3 is 0 Å². The molecule has 1 saturated heterocycles. The summed E-state index contributed by atoms with van der Waals surface area (Å²) in [5.41, 5.74) is 1.78. The van der Waals surface area contributed by atoms with Crippen LogP contribution in [0.5, 0.6) is 11.5 Å². The van der Waals surface area contributed by atoms with Crippen LogP contribution in [-0.2, 0) is 0 Å². The van der Waals surface area contributed by atoms with Crippen molar-refractivity contribution >= 4 is 17.2 Å². The van der Waals surface area contributed by atoms with Crippen LogP contribution < -0.4 is 9.64 Å². The van der Waals surface area contributed by atoms with Gasteiger partial charge in [-0.2, -0.15) is 0 Å². The number of piperazine rings is 1. The largest absolute Gasteiger partial charge is 0.504 e. The minimum Gasteiger partial charge on any atom is -0.504 e. The fraction of sp³-hybridized carbons (Fsp3) is 0.263. The molecule has 0 spiro atoms. The lowest BCUT2D eigenvalue weighted by Crippen LogP contribution is -2.49. The van der Waals surface area contributed by atoms with Crippen LogP contribution in [0.4, 0.5) is 5.69 Å². The summed E-state index contributed by atoms with van der Waals surface area (Å²) in [7, 11) is 1.66. The number of carbonyl (C=O) groups excluding carboxylic acids is 1. The van der Waals surface area contributed by atoms with Crippen LogP contribution in [-0.4, -0.2) is 58.6 Å². The third-order valence-electron chi connectivity index (χ3n) is 4.67. The molecule has 1 amide bonds. The monoisotopic (exact) mass is 352 g/mol. The lowest BCUT2D eigenvalue weighted by Gasteiger charge is -2.36. The maximum atomic E-state index is 12.8. The third kappa shape index (κ3) is 2.81. The molecule has 7 nitrogen and oxygen atoms in total. The Morgan fingerprint density at radius 1 is 1.12 bits per heavy atom. The summed E-state index contributed by atoms with van der Waals surface area (Å²) in [6.07, 6.45) is 3.42. The molecule has 1 aliphatic heterocycles. The molecule has 26 heavy (non-hydrogen) atoms. The molecule has 1 fully saturated rings. The predicted octanol–water partition coefficient (Wildman–Crippen LogP) is 2.01. The SMILES string of the molecule is COc1ccccc1N1CCN(C(=O)c2cn3cccc(O)c3n2)CC1. The number of para-hydroxylation sites is 2. The zero-order valence-corrected chi connectivity index (χ0v) is 14.5. The van der Waals surface area contributed by atoms with Crippen molar-refractivity contribution in [2.45, 2.75) is 0 Å². The minimum absolute atomic E-state index is 0.0625. The second-order valence-corrected chi connectivity index (χ2v) is 6.20. The van der Waals surface area contributed by atoms with Gasteiger partial charge in [0.25, 0.3) is 5.91 Å². The lowest BCUT2D eigenvalue weighted by molar-refractivity contribution is 0.0741. The summed E-state index contributed by atoms with van der Waals surface area (Å²) in [5.74, 6) is 0.781. The first-order valence-corrected chi connectivity index (χ1v) is 8.51. The van der Waals surface area contributed by atoms with E-state index < -0.39 is 0 Å². The first-order valence-electron chi connectivity index (χ1n) is 8.51. The number of hydrogen-bond donors (Lipinski definition) is 1. The van der Waals surface area contributed by atoms with Crippen molar-refractivity contribution in [2.24, 2.45) is 0 Å². The minimum atomic E-state index is -0.118. The van der Waals surface area contributed by atoms with E-state index in [-0.39, 0.29) is 11.7 Å². The van der Waals surface area contributed by atoms with Gasteiger partial charge in [0.2, 0.25) is 0 Å². The summed E-state index contributed by atoms with van der Waals surface area (Å²) in [6.45, 7) is 2.67. The number of rotatable bonds is 3. The van der Waals surface area contributed by atoms with Crippen LogP contribution in [0.1, 0.15) is 10.5 Å². The second-order valence-electron chi connectivity index (χ2n) is 6.20. The average Bonchev–Trinajstić information content (AvgIpc) is 3.13. The maximum Gasteiger partial charge on any atom is 0.274 e. The number of nitrogens with zero attached hydrogens (tertiary/aromatic N) is 4. The van der Waals surface area contributed by atoms with Crippen LogP contribution in [0, 0.1) is 0 Å². The van der Waals surface area contributed by atoms with Crippen LogP contribution in [0.25, 0.3) is 5.65 Å². The Hall–Kier alpha value is -3.22. The highest BCUT2D eigenvalue weighted by Crippen LogP contribution is 2.28. The number of methoxy groups -OCH3 is 1. The van der Waals surface area contributed by atoms with Crippen molar-refractivity contribution in [2.75, 3.05) is 38.2 Å². The van der Waals surface area contributed by atoms with E-state index in [9.17, 15) is 9.90 Å². The molecule has 0 saturated carbocycles. The average molecular weight is 352 g/mol. The Labute approximate surface area is 151 Å². The van der Waals surface area contributed by atoms with Crippen LogP contribution >= 0.6 is 0 Å². The van der Waals surface area contributed by atoms with E-state index in [0.29, 0.717) is 24.4 Å². The summed E-state index contributed by atoms with van der Waals surface area (Å²) >= 11 is 0. The second kappa shape index (κ2) is 6.59. The highest BCUT2D eigenvalue weighted by Gasteiger charge is 2.25. The number of aromatic nitrogens is 2. The molecule has 1 N–H and O–H groups in total. The van der Waals surface area contributed by atoms with E-state index in [1.807, 2.05) is 24.3 Å². The van der Waals surface area contributed by atoms with Crippen molar-refractivity contribution in [3.8, 4) is 11.5 Å². The number of pyridine rings is 1. The number of imidazole rings is 1. The standard InChI is InChI=1S/C19H20N4O3/c1-26-17-7-3-2-5-15(17)21-9-11-22(12-10-21)19(25)14-13-23-8-4-6-16(24)18(23)20-14/h2-8,13,24H,9-12H2,1H3. The van der Waals surface area contributed by atoms with Crippen LogP contribution in [0.3, 0.4) is 0 Å².